The molecule has 1 aromatic carbocycles. The highest BCUT2D eigenvalue weighted by atomic mass is 79.9. The van der Waals surface area contributed by atoms with Gasteiger partial charge in [-0.2, -0.15) is 0 Å². The van der Waals surface area contributed by atoms with Crippen LogP contribution >= 0.6 is 15.9 Å². The van der Waals surface area contributed by atoms with E-state index >= 15 is 0 Å². The summed E-state index contributed by atoms with van der Waals surface area (Å²) in [5.41, 5.74) is 1.03. The minimum atomic E-state index is -0.201. The Hall–Kier alpha value is -0.830. The maximum absolute atomic E-state index is 12.1. The Morgan fingerprint density at radius 1 is 0.697 bits per heavy atom. The quantitative estimate of drug-likeness (QED) is 0.112. The second kappa shape index (κ2) is 21.7. The zero-order chi connectivity index (χ0) is 24.0. The smallest absolute Gasteiger partial charge is 0.306 e. The molecule has 2 nitrogen and oxygen atoms in total. The standard InChI is InChI=1S/C30H51BrO2/c1-3-4-5-6-7-8-9-10-11-12-13-14-15-16-17-18-19-20-21-26-30(32)33-27(2)28-24-22-23-25-29(28)31/h22-25,27H,3-21,26H2,1-2H3. The van der Waals surface area contributed by atoms with Crippen molar-refractivity contribution >= 4 is 21.9 Å². The van der Waals surface area contributed by atoms with Gasteiger partial charge in [-0.25, -0.2) is 0 Å². The van der Waals surface area contributed by atoms with Gasteiger partial charge >= 0.3 is 5.97 Å². The van der Waals surface area contributed by atoms with Gasteiger partial charge in [-0.05, 0) is 19.4 Å². The van der Waals surface area contributed by atoms with E-state index < -0.39 is 0 Å². The lowest BCUT2D eigenvalue weighted by Gasteiger charge is -2.15. The third-order valence-electron chi connectivity index (χ3n) is 6.64. The summed E-state index contributed by atoms with van der Waals surface area (Å²) in [5, 5.41) is 0. The molecule has 0 aromatic heterocycles. The minimum absolute atomic E-state index is 0.0785. The van der Waals surface area contributed by atoms with Crippen LogP contribution in [-0.4, -0.2) is 5.97 Å². The van der Waals surface area contributed by atoms with Crippen molar-refractivity contribution in [1.29, 1.82) is 0 Å². The maximum atomic E-state index is 12.1. The van der Waals surface area contributed by atoms with Crippen molar-refractivity contribution in [2.24, 2.45) is 0 Å². The molecule has 1 unspecified atom stereocenters. The first-order chi connectivity index (χ1) is 16.1. The fourth-order valence-electron chi connectivity index (χ4n) is 4.47. The predicted molar refractivity (Wildman–Crippen MR) is 147 cm³/mol. The number of hydrogen-bond donors (Lipinski definition) is 0. The van der Waals surface area contributed by atoms with E-state index in [1.165, 1.54) is 109 Å². The second-order valence-electron chi connectivity index (χ2n) is 9.77. The normalized spacial score (nSPS) is 12.1. The number of ether oxygens (including phenoxy) is 1. The van der Waals surface area contributed by atoms with Crippen LogP contribution in [0.3, 0.4) is 0 Å². The molecule has 0 saturated heterocycles. The molecule has 0 saturated carbocycles. The van der Waals surface area contributed by atoms with E-state index in [1.807, 2.05) is 31.2 Å². The number of esters is 1. The topological polar surface area (TPSA) is 26.3 Å². The fourth-order valence-corrected chi connectivity index (χ4v) is 5.08. The molecular formula is C30H51BrO2. The Labute approximate surface area is 213 Å². The summed E-state index contributed by atoms with van der Waals surface area (Å²) in [5.74, 6) is -0.0785. The van der Waals surface area contributed by atoms with Gasteiger partial charge in [-0.15, -0.1) is 0 Å². The van der Waals surface area contributed by atoms with Crippen molar-refractivity contribution in [2.45, 2.75) is 148 Å². The molecule has 1 rings (SSSR count). The number of carbonyl (C=O) groups excluding carboxylic acids is 1. The van der Waals surface area contributed by atoms with Crippen molar-refractivity contribution in [2.75, 3.05) is 0 Å². The molecule has 0 radical (unpaired) electrons. The van der Waals surface area contributed by atoms with Gasteiger partial charge in [0.15, 0.2) is 0 Å². The maximum Gasteiger partial charge on any atom is 0.306 e. The molecule has 0 aliphatic carbocycles. The lowest BCUT2D eigenvalue weighted by atomic mass is 10.0. The summed E-state index contributed by atoms with van der Waals surface area (Å²) >= 11 is 3.53. The summed E-state index contributed by atoms with van der Waals surface area (Å²) in [6.07, 6.45) is 26.3. The van der Waals surface area contributed by atoms with E-state index in [-0.39, 0.29) is 12.1 Å². The Balaban J connectivity index is 1.81. The van der Waals surface area contributed by atoms with Gasteiger partial charge in [0.1, 0.15) is 6.10 Å². The summed E-state index contributed by atoms with van der Waals surface area (Å²) < 4.78 is 6.58. The fraction of sp³-hybridized carbons (Fsp3) is 0.767. The number of benzene rings is 1. The lowest BCUT2D eigenvalue weighted by Crippen LogP contribution is -2.09. The van der Waals surface area contributed by atoms with Crippen LogP contribution in [0, 0.1) is 0 Å². The summed E-state index contributed by atoms with van der Waals surface area (Å²) in [6, 6.07) is 7.93. The Kier molecular flexibility index (Phi) is 19.8. The molecule has 1 atom stereocenters. The van der Waals surface area contributed by atoms with Crippen LogP contribution < -0.4 is 0 Å². The average molecular weight is 524 g/mol. The van der Waals surface area contributed by atoms with Gasteiger partial charge in [0.05, 0.1) is 0 Å². The Bertz CT molecular complexity index is 586. The average Bonchev–Trinajstić information content (AvgIpc) is 2.80. The van der Waals surface area contributed by atoms with Crippen LogP contribution in [0.25, 0.3) is 0 Å². The van der Waals surface area contributed by atoms with Gasteiger partial charge < -0.3 is 4.74 Å². The van der Waals surface area contributed by atoms with E-state index in [4.69, 9.17) is 4.74 Å². The molecule has 3 heteroatoms. The van der Waals surface area contributed by atoms with E-state index in [9.17, 15) is 4.79 Å². The Morgan fingerprint density at radius 3 is 1.52 bits per heavy atom. The number of carbonyl (C=O) groups is 1. The SMILES string of the molecule is CCCCCCCCCCCCCCCCCCCCCC(=O)OC(C)c1ccccc1Br. The largest absolute Gasteiger partial charge is 0.458 e. The van der Waals surface area contributed by atoms with Crippen LogP contribution in [0.15, 0.2) is 28.7 Å². The highest BCUT2D eigenvalue weighted by molar-refractivity contribution is 9.10. The molecule has 33 heavy (non-hydrogen) atoms. The molecule has 0 amide bonds. The monoisotopic (exact) mass is 522 g/mol. The van der Waals surface area contributed by atoms with E-state index in [0.29, 0.717) is 6.42 Å². The van der Waals surface area contributed by atoms with Crippen molar-refractivity contribution < 1.29 is 9.53 Å². The molecular weight excluding hydrogens is 472 g/mol. The molecule has 1 aromatic rings. The van der Waals surface area contributed by atoms with Crippen molar-refractivity contribution in [1.82, 2.24) is 0 Å². The Morgan fingerprint density at radius 2 is 1.09 bits per heavy atom. The van der Waals surface area contributed by atoms with Crippen LogP contribution in [0.5, 0.6) is 0 Å². The summed E-state index contributed by atoms with van der Waals surface area (Å²) in [4.78, 5) is 12.1. The van der Waals surface area contributed by atoms with Gasteiger partial charge in [-0.3, -0.25) is 4.79 Å². The van der Waals surface area contributed by atoms with Crippen LogP contribution in [0.2, 0.25) is 0 Å². The van der Waals surface area contributed by atoms with E-state index in [2.05, 4.69) is 22.9 Å². The van der Waals surface area contributed by atoms with Gasteiger partial charge in [-0.1, -0.05) is 157 Å². The van der Waals surface area contributed by atoms with Gasteiger partial charge in [0.25, 0.3) is 0 Å². The van der Waals surface area contributed by atoms with Gasteiger partial charge in [0.2, 0.25) is 0 Å². The first-order valence-corrected chi connectivity index (χ1v) is 14.9. The van der Waals surface area contributed by atoms with Crippen LogP contribution in [0.1, 0.15) is 154 Å². The first kappa shape index (κ1) is 30.2. The van der Waals surface area contributed by atoms with Gasteiger partial charge in [0, 0.05) is 16.5 Å². The number of halogens is 1. The van der Waals surface area contributed by atoms with E-state index in [1.54, 1.807) is 0 Å². The number of unbranched alkanes of at least 4 members (excludes halogenated alkanes) is 18. The highest BCUT2D eigenvalue weighted by Gasteiger charge is 2.13. The first-order valence-electron chi connectivity index (χ1n) is 14.1. The second-order valence-corrected chi connectivity index (χ2v) is 10.6. The highest BCUT2D eigenvalue weighted by Crippen LogP contribution is 2.26. The predicted octanol–water partition coefficient (Wildman–Crippen LogP) is 10.9. The summed E-state index contributed by atoms with van der Waals surface area (Å²) in [7, 11) is 0. The summed E-state index contributed by atoms with van der Waals surface area (Å²) in [6.45, 7) is 4.23. The third-order valence-corrected chi connectivity index (χ3v) is 7.36. The molecule has 0 spiro atoms. The zero-order valence-corrected chi connectivity index (χ0v) is 23.3. The third kappa shape index (κ3) is 17.3. The van der Waals surface area contributed by atoms with Crippen LogP contribution in [0.4, 0.5) is 0 Å². The molecule has 190 valence electrons. The molecule has 0 fully saturated rings. The lowest BCUT2D eigenvalue weighted by molar-refractivity contribution is -0.148. The molecule has 0 N–H and O–H groups in total. The van der Waals surface area contributed by atoms with E-state index in [0.717, 1.165) is 22.9 Å². The minimum Gasteiger partial charge on any atom is -0.458 e. The molecule has 0 aliphatic heterocycles. The van der Waals surface area contributed by atoms with Crippen molar-refractivity contribution in [3.8, 4) is 0 Å². The number of hydrogen-bond acceptors (Lipinski definition) is 2. The molecule has 0 bridgehead atoms. The molecule has 0 heterocycles. The zero-order valence-electron chi connectivity index (χ0n) is 21.7. The van der Waals surface area contributed by atoms with Crippen LogP contribution in [-0.2, 0) is 9.53 Å². The van der Waals surface area contributed by atoms with Crippen molar-refractivity contribution in [3.05, 3.63) is 34.3 Å². The molecule has 0 aliphatic rings. The number of rotatable bonds is 22. The van der Waals surface area contributed by atoms with Crippen molar-refractivity contribution in [3.63, 3.8) is 0 Å².